The molecular formula is C40H76Br2N2O6. The summed E-state index contributed by atoms with van der Waals surface area (Å²) in [5.41, 5.74) is -0.209. The summed E-state index contributed by atoms with van der Waals surface area (Å²) in [6.45, 7) is 24.9. The third-order valence-electron chi connectivity index (χ3n) is 10.2. The fraction of sp³-hybridized carbons (Fsp3) is 0.850. The third kappa shape index (κ3) is 18.4. The molecule has 0 aromatic heterocycles. The van der Waals surface area contributed by atoms with Crippen LogP contribution in [0.25, 0.3) is 0 Å². The number of ether oxygens (including phenoxy) is 2. The zero-order valence-corrected chi connectivity index (χ0v) is 35.3. The van der Waals surface area contributed by atoms with Crippen molar-refractivity contribution in [3.63, 3.8) is 0 Å². The summed E-state index contributed by atoms with van der Waals surface area (Å²) in [7, 11) is 2.70. The van der Waals surface area contributed by atoms with Crippen molar-refractivity contribution in [3.8, 4) is 0 Å². The fourth-order valence-electron chi connectivity index (χ4n) is 7.11. The highest BCUT2D eigenvalue weighted by Gasteiger charge is 2.42. The first-order valence-electron chi connectivity index (χ1n) is 17.9. The maximum atomic E-state index is 12.7. The molecule has 50 heavy (non-hydrogen) atoms. The van der Waals surface area contributed by atoms with Crippen molar-refractivity contribution in [2.45, 2.75) is 151 Å². The number of amides is 2. The van der Waals surface area contributed by atoms with Crippen molar-refractivity contribution in [1.29, 1.82) is 0 Å². The van der Waals surface area contributed by atoms with Crippen molar-refractivity contribution in [2.24, 2.45) is 40.9 Å². The van der Waals surface area contributed by atoms with Crippen LogP contribution in [-0.4, -0.2) is 59.7 Å². The van der Waals surface area contributed by atoms with Crippen molar-refractivity contribution in [1.82, 2.24) is 10.6 Å². The minimum atomic E-state index is -0.852. The third-order valence-corrected chi connectivity index (χ3v) is 11.2. The molecule has 296 valence electrons. The van der Waals surface area contributed by atoms with E-state index in [0.29, 0.717) is 23.8 Å². The van der Waals surface area contributed by atoms with Gasteiger partial charge < -0.3 is 20.1 Å². The number of carbonyl (C=O) groups excluding carboxylic acids is 4. The zero-order chi connectivity index (χ0) is 37.5. The van der Waals surface area contributed by atoms with Crippen molar-refractivity contribution in [3.05, 3.63) is 12.2 Å². The Morgan fingerprint density at radius 3 is 1.34 bits per heavy atom. The molecule has 2 aliphatic carbocycles. The smallest absolute Gasteiger partial charge is 0.332 e. The average Bonchev–Trinajstić information content (AvgIpc) is 3.64. The molecule has 0 heterocycles. The van der Waals surface area contributed by atoms with Crippen molar-refractivity contribution in [2.75, 3.05) is 27.3 Å². The highest BCUT2D eigenvalue weighted by atomic mass is 79.9. The quantitative estimate of drug-likeness (QED) is 0.102. The lowest BCUT2D eigenvalue weighted by atomic mass is 9.82. The summed E-state index contributed by atoms with van der Waals surface area (Å²) in [6, 6.07) is 0. The van der Waals surface area contributed by atoms with Crippen LogP contribution in [0.15, 0.2) is 12.2 Å². The molecule has 0 saturated heterocycles. The van der Waals surface area contributed by atoms with Gasteiger partial charge in [0.25, 0.3) is 0 Å². The van der Waals surface area contributed by atoms with Gasteiger partial charge in [0.15, 0.2) is 0 Å². The molecule has 0 aliphatic heterocycles. The van der Waals surface area contributed by atoms with E-state index in [4.69, 9.17) is 4.74 Å². The molecule has 7 unspecified atom stereocenters. The minimum Gasteiger partial charge on any atom is -0.468 e. The van der Waals surface area contributed by atoms with Crippen LogP contribution in [0, 0.1) is 40.9 Å². The first-order valence-corrected chi connectivity index (χ1v) is 19.5. The second kappa shape index (κ2) is 24.8. The molecule has 0 radical (unpaired) electrons. The molecule has 2 rings (SSSR count). The topological polar surface area (TPSA) is 111 Å². The van der Waals surface area contributed by atoms with Crippen molar-refractivity contribution >= 4 is 55.6 Å². The number of nitrogens with one attached hydrogen (secondary N) is 2. The van der Waals surface area contributed by atoms with Crippen molar-refractivity contribution < 1.29 is 28.7 Å². The predicted molar refractivity (Wildman–Crippen MR) is 218 cm³/mol. The van der Waals surface area contributed by atoms with E-state index in [9.17, 15) is 19.2 Å². The SMILES string of the molecule is C.C.C=C(C)C(=O)OC.CCC1CC(CC)C(CNC(=O)C(C)(C)Br)C1.CCC1CC(CC)C(CNC(=O)C(C)(C)CC(C)(Br)C(=O)OC)C1. The molecule has 8 nitrogen and oxygen atoms in total. The Hall–Kier alpha value is -1.42. The molecule has 2 saturated carbocycles. The molecule has 2 fully saturated rings. The maximum absolute atomic E-state index is 12.7. The zero-order valence-electron chi connectivity index (χ0n) is 32.2. The van der Waals surface area contributed by atoms with Crippen LogP contribution >= 0.6 is 31.9 Å². The summed E-state index contributed by atoms with van der Waals surface area (Å²) in [5, 5.41) is 6.23. The van der Waals surface area contributed by atoms with Gasteiger partial charge in [0.1, 0.15) is 4.32 Å². The predicted octanol–water partition coefficient (Wildman–Crippen LogP) is 10.1. The molecule has 0 bridgehead atoms. The Balaban J connectivity index is -0.000000742. The van der Waals surface area contributed by atoms with Crippen LogP contribution in [0.1, 0.15) is 142 Å². The lowest BCUT2D eigenvalue weighted by Gasteiger charge is -2.31. The Morgan fingerprint density at radius 1 is 0.680 bits per heavy atom. The Morgan fingerprint density at radius 2 is 1.06 bits per heavy atom. The van der Waals surface area contributed by atoms with Gasteiger partial charge in [-0.1, -0.05) is 121 Å². The summed E-state index contributed by atoms with van der Waals surface area (Å²) in [5.74, 6) is 3.87. The van der Waals surface area contributed by atoms with E-state index in [1.54, 1.807) is 13.8 Å². The summed E-state index contributed by atoms with van der Waals surface area (Å²) < 4.78 is 7.79. The van der Waals surface area contributed by atoms with Gasteiger partial charge in [-0.25, -0.2) is 4.79 Å². The average molecular weight is 841 g/mol. The molecule has 10 heteroatoms. The Kier molecular flexibility index (Phi) is 26.2. The minimum absolute atomic E-state index is 0. The normalized spacial score (nSPS) is 23.9. The molecule has 0 spiro atoms. The molecule has 2 N–H and O–H groups in total. The number of alkyl halides is 2. The van der Waals surface area contributed by atoms with E-state index in [1.807, 2.05) is 27.7 Å². The number of methoxy groups -OCH3 is 2. The Bertz CT molecular complexity index is 1040. The number of rotatable bonds is 14. The van der Waals surface area contributed by atoms with Crippen LogP contribution in [0.2, 0.25) is 0 Å². The molecule has 7 atom stereocenters. The lowest BCUT2D eigenvalue weighted by Crippen LogP contribution is -2.45. The fourth-order valence-corrected chi connectivity index (χ4v) is 8.11. The second-order valence-corrected chi connectivity index (χ2v) is 19.0. The molecule has 0 aromatic carbocycles. The Labute approximate surface area is 324 Å². The number of carbonyl (C=O) groups is 4. The van der Waals surface area contributed by atoms with Gasteiger partial charge >= 0.3 is 11.9 Å². The van der Waals surface area contributed by atoms with E-state index in [-0.39, 0.29) is 38.6 Å². The summed E-state index contributed by atoms with van der Waals surface area (Å²) >= 11 is 6.81. The van der Waals surface area contributed by atoms with Gasteiger partial charge in [-0.3, -0.25) is 14.4 Å². The van der Waals surface area contributed by atoms with E-state index in [0.717, 1.165) is 36.8 Å². The van der Waals surface area contributed by atoms with Crippen LogP contribution in [0.5, 0.6) is 0 Å². The van der Waals surface area contributed by atoms with E-state index in [1.165, 1.54) is 65.6 Å². The van der Waals surface area contributed by atoms with Crippen LogP contribution in [0.3, 0.4) is 0 Å². The van der Waals surface area contributed by atoms with Gasteiger partial charge in [0, 0.05) is 24.1 Å². The number of hydrogen-bond acceptors (Lipinski definition) is 6. The van der Waals surface area contributed by atoms with Crippen LogP contribution in [-0.2, 0) is 28.7 Å². The van der Waals surface area contributed by atoms with E-state index >= 15 is 0 Å². The van der Waals surface area contributed by atoms with Crippen LogP contribution in [0.4, 0.5) is 0 Å². The number of esters is 2. The van der Waals surface area contributed by atoms with Gasteiger partial charge in [0.05, 0.1) is 18.5 Å². The van der Waals surface area contributed by atoms with Gasteiger partial charge in [-0.15, -0.1) is 0 Å². The largest absolute Gasteiger partial charge is 0.468 e. The highest BCUT2D eigenvalue weighted by Crippen LogP contribution is 2.41. The monoisotopic (exact) mass is 838 g/mol. The summed E-state index contributed by atoms with van der Waals surface area (Å²) in [4.78, 5) is 46.5. The maximum Gasteiger partial charge on any atom is 0.332 e. The molecule has 2 amide bonds. The van der Waals surface area contributed by atoms with Crippen LogP contribution < -0.4 is 10.6 Å². The summed E-state index contributed by atoms with van der Waals surface area (Å²) in [6.07, 6.45) is 10.5. The standard InChI is InChI=1S/C19H34BrNO3.C14H26BrNO.C5H8O2.2CH4/c1-7-13-9-14(8-2)15(10-13)11-21-16(22)18(3,4)12-19(5,20)17(23)24-6;1-5-10-7-11(6-2)12(8-10)9-16-13(17)14(3,4)15;1-4(2)5(6)7-3;;/h13-15H,7-12H2,1-6H3,(H,21,22);10-12H,5-9H2,1-4H3,(H,16,17);1H2,2-3H3;2*1H4. The molecule has 2 aliphatic rings. The first-order chi connectivity index (χ1) is 22.1. The van der Waals surface area contributed by atoms with E-state index in [2.05, 4.69) is 81.5 Å². The van der Waals surface area contributed by atoms with E-state index < -0.39 is 14.1 Å². The molecular weight excluding hydrogens is 764 g/mol. The second-order valence-electron chi connectivity index (χ2n) is 15.3. The van der Waals surface area contributed by atoms with Gasteiger partial charge in [-0.2, -0.15) is 0 Å². The van der Waals surface area contributed by atoms with Gasteiger partial charge in [0.2, 0.25) is 11.8 Å². The number of halogens is 2. The lowest BCUT2D eigenvalue weighted by molar-refractivity contribution is -0.144. The highest BCUT2D eigenvalue weighted by molar-refractivity contribution is 9.10. The first kappa shape index (κ1) is 52.9. The van der Waals surface area contributed by atoms with Gasteiger partial charge in [-0.05, 0) is 95.3 Å². The number of hydrogen-bond donors (Lipinski definition) is 2. The molecule has 0 aromatic rings.